The fraction of sp³-hybridized carbons (Fsp3) is 0.500. The van der Waals surface area contributed by atoms with Gasteiger partial charge in [0.05, 0.1) is 31.0 Å². The molecule has 0 aliphatic carbocycles. The first-order valence-electron chi connectivity index (χ1n) is 8.06. The second-order valence-corrected chi connectivity index (χ2v) is 6.12. The summed E-state index contributed by atoms with van der Waals surface area (Å²) in [5.41, 5.74) is 0. The van der Waals surface area contributed by atoms with E-state index < -0.39 is 0 Å². The van der Waals surface area contributed by atoms with Crippen LogP contribution < -0.4 is 5.32 Å². The van der Waals surface area contributed by atoms with Crippen molar-refractivity contribution in [3.63, 3.8) is 0 Å². The number of amides is 1. The highest BCUT2D eigenvalue weighted by molar-refractivity contribution is 6.30. The Kier molecular flexibility index (Phi) is 5.90. The zero-order valence-electron chi connectivity index (χ0n) is 13.4. The van der Waals surface area contributed by atoms with E-state index in [1.807, 2.05) is 0 Å². The molecule has 0 bridgehead atoms. The standard InChI is InChI=1S/C16H21ClN4O3/c17-13-10-19-21(11-13)12-14-2-3-15(24-14)16(22)18-4-1-5-20-6-8-23-9-7-20/h2-3,10-11H,1,4-9,12H2,(H,18,22). The third-order valence-corrected chi connectivity index (χ3v) is 4.04. The molecule has 0 spiro atoms. The van der Waals surface area contributed by atoms with Crippen LogP contribution in [0, 0.1) is 0 Å². The number of hydrogen-bond donors (Lipinski definition) is 1. The number of carbonyl (C=O) groups is 1. The van der Waals surface area contributed by atoms with Gasteiger partial charge in [0.15, 0.2) is 5.76 Å². The molecule has 24 heavy (non-hydrogen) atoms. The summed E-state index contributed by atoms with van der Waals surface area (Å²) in [6, 6.07) is 3.45. The predicted molar refractivity (Wildman–Crippen MR) is 89.3 cm³/mol. The van der Waals surface area contributed by atoms with Crippen LogP contribution >= 0.6 is 11.6 Å². The highest BCUT2D eigenvalue weighted by Gasteiger charge is 2.13. The van der Waals surface area contributed by atoms with E-state index in [1.54, 1.807) is 29.2 Å². The van der Waals surface area contributed by atoms with E-state index in [2.05, 4.69) is 15.3 Å². The molecule has 1 aliphatic heterocycles. The lowest BCUT2D eigenvalue weighted by Gasteiger charge is -2.26. The van der Waals surface area contributed by atoms with E-state index in [0.29, 0.717) is 29.6 Å². The van der Waals surface area contributed by atoms with Crippen molar-refractivity contribution in [2.24, 2.45) is 0 Å². The van der Waals surface area contributed by atoms with Gasteiger partial charge in [0.2, 0.25) is 0 Å². The van der Waals surface area contributed by atoms with E-state index in [9.17, 15) is 4.79 Å². The van der Waals surface area contributed by atoms with Crippen molar-refractivity contribution in [2.45, 2.75) is 13.0 Å². The molecule has 0 unspecified atom stereocenters. The Morgan fingerprint density at radius 1 is 1.33 bits per heavy atom. The van der Waals surface area contributed by atoms with E-state index in [0.717, 1.165) is 39.3 Å². The van der Waals surface area contributed by atoms with Crippen LogP contribution in [0.1, 0.15) is 22.7 Å². The van der Waals surface area contributed by atoms with Crippen LogP contribution in [0.25, 0.3) is 0 Å². The fourth-order valence-electron chi connectivity index (χ4n) is 2.59. The zero-order valence-corrected chi connectivity index (χ0v) is 14.2. The second-order valence-electron chi connectivity index (χ2n) is 5.69. The smallest absolute Gasteiger partial charge is 0.286 e. The van der Waals surface area contributed by atoms with E-state index >= 15 is 0 Å². The lowest BCUT2D eigenvalue weighted by molar-refractivity contribution is 0.0374. The molecule has 1 fully saturated rings. The molecule has 3 heterocycles. The van der Waals surface area contributed by atoms with Crippen molar-refractivity contribution < 1.29 is 13.9 Å². The maximum absolute atomic E-state index is 12.1. The molecule has 2 aromatic rings. The molecule has 1 saturated heterocycles. The number of carbonyl (C=O) groups excluding carboxylic acids is 1. The van der Waals surface area contributed by atoms with Crippen molar-refractivity contribution in [3.8, 4) is 0 Å². The van der Waals surface area contributed by atoms with Crippen LogP contribution in [0.2, 0.25) is 5.02 Å². The molecule has 8 heteroatoms. The van der Waals surface area contributed by atoms with E-state index in [4.69, 9.17) is 20.8 Å². The Labute approximate surface area is 145 Å². The Hall–Kier alpha value is -1.83. The maximum Gasteiger partial charge on any atom is 0.286 e. The summed E-state index contributed by atoms with van der Waals surface area (Å²) in [4.78, 5) is 14.4. The van der Waals surface area contributed by atoms with Gasteiger partial charge >= 0.3 is 0 Å². The SMILES string of the molecule is O=C(NCCCN1CCOCC1)c1ccc(Cn2cc(Cl)cn2)o1. The summed E-state index contributed by atoms with van der Waals surface area (Å²) in [7, 11) is 0. The third-order valence-electron chi connectivity index (χ3n) is 3.85. The summed E-state index contributed by atoms with van der Waals surface area (Å²) < 4.78 is 12.5. The van der Waals surface area contributed by atoms with Crippen LogP contribution in [-0.4, -0.2) is 60.0 Å². The average molecular weight is 353 g/mol. The molecular weight excluding hydrogens is 332 g/mol. The topological polar surface area (TPSA) is 72.5 Å². The summed E-state index contributed by atoms with van der Waals surface area (Å²) in [6.45, 7) is 5.55. The number of aromatic nitrogens is 2. The Bertz CT molecular complexity index is 664. The summed E-state index contributed by atoms with van der Waals surface area (Å²) >= 11 is 5.82. The van der Waals surface area contributed by atoms with Gasteiger partial charge in [-0.1, -0.05) is 11.6 Å². The first kappa shape index (κ1) is 17.0. The molecule has 2 aromatic heterocycles. The molecule has 130 valence electrons. The van der Waals surface area contributed by atoms with Gasteiger partial charge in [0.1, 0.15) is 5.76 Å². The third kappa shape index (κ3) is 4.83. The second kappa shape index (κ2) is 8.32. The highest BCUT2D eigenvalue weighted by Crippen LogP contribution is 2.11. The van der Waals surface area contributed by atoms with Gasteiger partial charge in [-0.2, -0.15) is 5.10 Å². The Morgan fingerprint density at radius 3 is 2.92 bits per heavy atom. The number of furan rings is 1. The van der Waals surface area contributed by atoms with Crippen LogP contribution in [-0.2, 0) is 11.3 Å². The number of halogens is 1. The number of rotatable bonds is 7. The van der Waals surface area contributed by atoms with Crippen molar-refractivity contribution in [2.75, 3.05) is 39.4 Å². The average Bonchev–Trinajstić information content (AvgIpc) is 3.22. The number of nitrogens with one attached hydrogen (secondary N) is 1. The summed E-state index contributed by atoms with van der Waals surface area (Å²) in [6.07, 6.45) is 4.17. The van der Waals surface area contributed by atoms with Crippen LogP contribution in [0.15, 0.2) is 28.9 Å². The Balaban J connectivity index is 1.40. The Morgan fingerprint density at radius 2 is 2.17 bits per heavy atom. The fourth-order valence-corrected chi connectivity index (χ4v) is 2.74. The van der Waals surface area contributed by atoms with Crippen LogP contribution in [0.4, 0.5) is 0 Å². The zero-order chi connectivity index (χ0) is 16.8. The largest absolute Gasteiger partial charge is 0.454 e. The number of morpholine rings is 1. The quantitative estimate of drug-likeness (QED) is 0.767. The molecule has 0 saturated carbocycles. The molecule has 0 radical (unpaired) electrons. The van der Waals surface area contributed by atoms with Gasteiger partial charge in [0, 0.05) is 25.8 Å². The minimum absolute atomic E-state index is 0.193. The highest BCUT2D eigenvalue weighted by atomic mass is 35.5. The van der Waals surface area contributed by atoms with Crippen LogP contribution in [0.3, 0.4) is 0 Å². The molecular formula is C16H21ClN4O3. The lowest BCUT2D eigenvalue weighted by Crippen LogP contribution is -2.38. The number of ether oxygens (including phenoxy) is 1. The predicted octanol–water partition coefficient (Wildman–Crippen LogP) is 1.63. The van der Waals surface area contributed by atoms with Crippen LogP contribution in [0.5, 0.6) is 0 Å². The molecule has 1 N–H and O–H groups in total. The molecule has 1 amide bonds. The van der Waals surface area contributed by atoms with Gasteiger partial charge < -0.3 is 14.5 Å². The van der Waals surface area contributed by atoms with Gasteiger partial charge in [-0.25, -0.2) is 0 Å². The molecule has 0 aromatic carbocycles. The molecule has 3 rings (SSSR count). The van der Waals surface area contributed by atoms with E-state index in [1.165, 1.54) is 0 Å². The molecule has 1 aliphatic rings. The van der Waals surface area contributed by atoms with E-state index in [-0.39, 0.29) is 5.91 Å². The van der Waals surface area contributed by atoms with Crippen molar-refractivity contribution in [1.82, 2.24) is 20.0 Å². The van der Waals surface area contributed by atoms with Gasteiger partial charge in [-0.3, -0.25) is 14.4 Å². The van der Waals surface area contributed by atoms with Crippen molar-refractivity contribution in [1.29, 1.82) is 0 Å². The van der Waals surface area contributed by atoms with Crippen molar-refractivity contribution >= 4 is 17.5 Å². The minimum Gasteiger partial charge on any atom is -0.454 e. The van der Waals surface area contributed by atoms with Gasteiger partial charge in [-0.15, -0.1) is 0 Å². The van der Waals surface area contributed by atoms with Crippen molar-refractivity contribution in [3.05, 3.63) is 41.1 Å². The molecule has 7 nitrogen and oxygen atoms in total. The number of nitrogens with zero attached hydrogens (tertiary/aromatic N) is 3. The first-order valence-corrected chi connectivity index (χ1v) is 8.43. The monoisotopic (exact) mass is 352 g/mol. The summed E-state index contributed by atoms with van der Waals surface area (Å²) in [5.74, 6) is 0.782. The molecule has 0 atom stereocenters. The van der Waals surface area contributed by atoms with Gasteiger partial charge in [0.25, 0.3) is 5.91 Å². The van der Waals surface area contributed by atoms with Gasteiger partial charge in [-0.05, 0) is 25.1 Å². The normalized spacial score (nSPS) is 15.5. The maximum atomic E-state index is 12.1. The summed E-state index contributed by atoms with van der Waals surface area (Å²) in [5, 5.41) is 7.54. The first-order chi connectivity index (χ1) is 11.7. The number of hydrogen-bond acceptors (Lipinski definition) is 5. The lowest BCUT2D eigenvalue weighted by atomic mass is 10.3. The minimum atomic E-state index is -0.193.